The molecule has 1 unspecified atom stereocenters. The molecule has 1 aromatic carbocycles. The Bertz CT molecular complexity index is 700. The molecule has 0 radical (unpaired) electrons. The molecule has 126 valence electrons. The lowest BCUT2D eigenvalue weighted by Gasteiger charge is -2.31. The van der Waals surface area contributed by atoms with Gasteiger partial charge in [-0.25, -0.2) is 8.42 Å². The quantitative estimate of drug-likeness (QED) is 0.877. The smallest absolute Gasteiger partial charge is 0.322 e. The van der Waals surface area contributed by atoms with Crippen LogP contribution in [-0.2, 0) is 27.7 Å². The molecule has 1 N–H and O–H groups in total. The topological polar surface area (TPSA) is 83.9 Å². The van der Waals surface area contributed by atoms with Crippen molar-refractivity contribution < 1.29 is 23.1 Å². The lowest BCUT2D eigenvalue weighted by atomic mass is 10.1. The molecule has 0 amide bonds. The number of benzene rings is 1. The van der Waals surface area contributed by atoms with Crippen LogP contribution in [-0.4, -0.2) is 48.7 Å². The van der Waals surface area contributed by atoms with Gasteiger partial charge in [-0.3, -0.25) is 4.79 Å². The van der Waals surface area contributed by atoms with E-state index in [0.717, 1.165) is 36.1 Å². The Morgan fingerprint density at radius 3 is 2.96 bits per heavy atom. The zero-order valence-electron chi connectivity index (χ0n) is 12.9. The summed E-state index contributed by atoms with van der Waals surface area (Å²) in [5, 5.41) is 9.24. The molecule has 0 aromatic heterocycles. The first-order chi connectivity index (χ1) is 11.0. The first-order valence-corrected chi connectivity index (χ1v) is 9.55. The molecule has 1 fully saturated rings. The number of ether oxygens (including phenoxy) is 1. The van der Waals surface area contributed by atoms with Crippen LogP contribution in [0.3, 0.4) is 0 Å². The minimum absolute atomic E-state index is 0.0591. The normalized spacial score (nSPS) is 21.7. The Kier molecular flexibility index (Phi) is 4.59. The van der Waals surface area contributed by atoms with E-state index in [2.05, 4.69) is 0 Å². The second-order valence-corrected chi connectivity index (χ2v) is 8.11. The zero-order chi connectivity index (χ0) is 16.4. The minimum atomic E-state index is -3.57. The molecule has 7 heteroatoms. The summed E-state index contributed by atoms with van der Waals surface area (Å²) in [6, 6.07) is 4.83. The van der Waals surface area contributed by atoms with Crippen molar-refractivity contribution in [1.29, 1.82) is 0 Å². The highest BCUT2D eigenvalue weighted by Crippen LogP contribution is 2.27. The number of hydrogen-bond acceptors (Lipinski definition) is 4. The fraction of sp³-hybridized carbons (Fsp3) is 0.562. The molecule has 0 saturated carbocycles. The monoisotopic (exact) mass is 339 g/mol. The number of aliphatic carboxylic acids is 1. The number of carbonyl (C=O) groups is 1. The fourth-order valence-corrected chi connectivity index (χ4v) is 4.96. The third-order valence-electron chi connectivity index (χ3n) is 4.50. The highest BCUT2D eigenvalue weighted by atomic mass is 32.2. The van der Waals surface area contributed by atoms with Gasteiger partial charge >= 0.3 is 5.97 Å². The standard InChI is InChI=1S/C16H21NO5S/c18-16(19)14-3-1-2-8-17(14)23(20,21)10-7-12-4-5-15-13(11-12)6-9-22-15/h4-5,11,14H,1-3,6-10H2,(H,18,19). The van der Waals surface area contributed by atoms with E-state index >= 15 is 0 Å². The summed E-state index contributed by atoms with van der Waals surface area (Å²) in [7, 11) is -3.57. The van der Waals surface area contributed by atoms with E-state index in [0.29, 0.717) is 26.0 Å². The number of carboxylic acid groups (broad SMARTS) is 1. The number of nitrogens with zero attached hydrogens (tertiary/aromatic N) is 1. The molecule has 2 heterocycles. The van der Waals surface area contributed by atoms with Gasteiger partial charge in [0, 0.05) is 13.0 Å². The van der Waals surface area contributed by atoms with Crippen molar-refractivity contribution in [2.75, 3.05) is 18.9 Å². The van der Waals surface area contributed by atoms with Crippen molar-refractivity contribution in [3.05, 3.63) is 29.3 Å². The minimum Gasteiger partial charge on any atom is -0.493 e. The maximum absolute atomic E-state index is 12.5. The van der Waals surface area contributed by atoms with Gasteiger partial charge in [0.05, 0.1) is 12.4 Å². The second kappa shape index (κ2) is 6.49. The summed E-state index contributed by atoms with van der Waals surface area (Å²) < 4.78 is 31.7. The van der Waals surface area contributed by atoms with E-state index in [1.807, 2.05) is 18.2 Å². The molecular weight excluding hydrogens is 318 g/mol. The largest absolute Gasteiger partial charge is 0.493 e. The predicted molar refractivity (Wildman–Crippen MR) is 85.1 cm³/mol. The Labute approximate surface area is 136 Å². The Morgan fingerprint density at radius 2 is 2.17 bits per heavy atom. The van der Waals surface area contributed by atoms with E-state index in [-0.39, 0.29) is 5.75 Å². The van der Waals surface area contributed by atoms with Gasteiger partial charge in [0.1, 0.15) is 11.8 Å². The average Bonchev–Trinajstić information content (AvgIpc) is 3.00. The molecule has 1 atom stereocenters. The van der Waals surface area contributed by atoms with E-state index < -0.39 is 22.0 Å². The molecule has 23 heavy (non-hydrogen) atoms. The lowest BCUT2D eigenvalue weighted by Crippen LogP contribution is -2.48. The molecule has 0 spiro atoms. The van der Waals surface area contributed by atoms with Gasteiger partial charge in [0.2, 0.25) is 10.0 Å². The molecular formula is C16H21NO5S. The van der Waals surface area contributed by atoms with Crippen LogP contribution >= 0.6 is 0 Å². The zero-order valence-corrected chi connectivity index (χ0v) is 13.7. The van der Waals surface area contributed by atoms with Gasteiger partial charge in [0.15, 0.2) is 0 Å². The highest BCUT2D eigenvalue weighted by molar-refractivity contribution is 7.89. The number of sulfonamides is 1. The van der Waals surface area contributed by atoms with Crippen LogP contribution < -0.4 is 4.74 Å². The Hall–Kier alpha value is -1.60. The Morgan fingerprint density at radius 1 is 1.35 bits per heavy atom. The summed E-state index contributed by atoms with van der Waals surface area (Å²) in [5.74, 6) is -0.238. The second-order valence-electron chi connectivity index (χ2n) is 6.07. The summed E-state index contributed by atoms with van der Waals surface area (Å²) in [4.78, 5) is 11.3. The van der Waals surface area contributed by atoms with Crippen molar-refractivity contribution in [2.45, 2.75) is 38.1 Å². The van der Waals surface area contributed by atoms with Gasteiger partial charge in [-0.1, -0.05) is 12.1 Å². The van der Waals surface area contributed by atoms with Crippen molar-refractivity contribution in [3.8, 4) is 5.75 Å². The average molecular weight is 339 g/mol. The van der Waals surface area contributed by atoms with Crippen LogP contribution in [0.25, 0.3) is 0 Å². The summed E-state index contributed by atoms with van der Waals surface area (Å²) in [6.07, 6.45) is 3.11. The highest BCUT2D eigenvalue weighted by Gasteiger charge is 2.36. The molecule has 0 aliphatic carbocycles. The fourth-order valence-electron chi connectivity index (χ4n) is 3.24. The molecule has 2 aliphatic heterocycles. The number of piperidine rings is 1. The first-order valence-electron chi connectivity index (χ1n) is 7.94. The number of rotatable bonds is 5. The van der Waals surface area contributed by atoms with Gasteiger partial charge in [-0.15, -0.1) is 0 Å². The van der Waals surface area contributed by atoms with Gasteiger partial charge in [-0.05, 0) is 42.9 Å². The molecule has 1 aromatic rings. The van der Waals surface area contributed by atoms with Gasteiger partial charge in [-0.2, -0.15) is 4.31 Å². The predicted octanol–water partition coefficient (Wildman–Crippen LogP) is 1.43. The van der Waals surface area contributed by atoms with E-state index in [9.17, 15) is 18.3 Å². The van der Waals surface area contributed by atoms with Crippen molar-refractivity contribution >= 4 is 16.0 Å². The molecule has 3 rings (SSSR count). The molecule has 2 aliphatic rings. The van der Waals surface area contributed by atoms with Crippen molar-refractivity contribution in [2.24, 2.45) is 0 Å². The Balaban J connectivity index is 1.69. The van der Waals surface area contributed by atoms with Gasteiger partial charge < -0.3 is 9.84 Å². The van der Waals surface area contributed by atoms with Crippen LogP contribution in [0.4, 0.5) is 0 Å². The van der Waals surface area contributed by atoms with Crippen molar-refractivity contribution in [1.82, 2.24) is 4.31 Å². The van der Waals surface area contributed by atoms with E-state index in [1.165, 1.54) is 4.31 Å². The maximum atomic E-state index is 12.5. The summed E-state index contributed by atoms with van der Waals surface area (Å²) in [5.41, 5.74) is 2.06. The maximum Gasteiger partial charge on any atom is 0.322 e. The van der Waals surface area contributed by atoms with Crippen molar-refractivity contribution in [3.63, 3.8) is 0 Å². The lowest BCUT2D eigenvalue weighted by molar-refractivity contribution is -0.142. The van der Waals surface area contributed by atoms with E-state index in [1.54, 1.807) is 0 Å². The van der Waals surface area contributed by atoms with Crippen LogP contribution in [0, 0.1) is 0 Å². The molecule has 0 bridgehead atoms. The SMILES string of the molecule is O=C(O)C1CCCCN1S(=O)(=O)CCc1ccc2c(c1)CCO2. The van der Waals surface area contributed by atoms with Crippen LogP contribution in [0.5, 0.6) is 5.75 Å². The van der Waals surface area contributed by atoms with Crippen LogP contribution in [0.2, 0.25) is 0 Å². The summed E-state index contributed by atoms with van der Waals surface area (Å²) >= 11 is 0. The molecule has 6 nitrogen and oxygen atoms in total. The first kappa shape index (κ1) is 16.3. The number of aryl methyl sites for hydroxylation is 1. The number of fused-ring (bicyclic) bond motifs is 1. The third-order valence-corrected chi connectivity index (χ3v) is 6.37. The molecule has 1 saturated heterocycles. The van der Waals surface area contributed by atoms with Crippen LogP contribution in [0.15, 0.2) is 18.2 Å². The number of hydrogen-bond donors (Lipinski definition) is 1. The third kappa shape index (κ3) is 3.50. The van der Waals surface area contributed by atoms with E-state index in [4.69, 9.17) is 4.74 Å². The van der Waals surface area contributed by atoms with Gasteiger partial charge in [0.25, 0.3) is 0 Å². The summed E-state index contributed by atoms with van der Waals surface area (Å²) in [6.45, 7) is 0.975. The van der Waals surface area contributed by atoms with Crippen LogP contribution in [0.1, 0.15) is 30.4 Å². The number of carboxylic acids is 1.